The molecule has 90 valence electrons. The second-order valence-corrected chi connectivity index (χ2v) is 4.80. The summed E-state index contributed by atoms with van der Waals surface area (Å²) in [5.74, 6) is 0.849. The lowest BCUT2D eigenvalue weighted by atomic mass is 9.79. The number of Topliss-reactive ketones (excluding diaryl/α,β-unsaturated/α-hetero) is 1. The Morgan fingerprint density at radius 3 is 2.94 bits per heavy atom. The lowest BCUT2D eigenvalue weighted by Gasteiger charge is -2.30. The molecule has 2 heteroatoms. The van der Waals surface area contributed by atoms with Crippen molar-refractivity contribution in [2.45, 2.75) is 31.8 Å². The molecule has 2 atom stereocenters. The van der Waals surface area contributed by atoms with E-state index in [-0.39, 0.29) is 17.3 Å². The minimum Gasteiger partial charge on any atom is -0.483 e. The first-order valence-corrected chi connectivity index (χ1v) is 5.97. The largest absolute Gasteiger partial charge is 0.483 e. The lowest BCUT2D eigenvalue weighted by molar-refractivity contribution is -0.120. The van der Waals surface area contributed by atoms with Crippen molar-refractivity contribution in [2.75, 3.05) is 0 Å². The molecule has 2 aliphatic rings. The summed E-state index contributed by atoms with van der Waals surface area (Å²) in [5.41, 5.74) is 0.677. The smallest absolute Gasteiger partial charge is 0.201 e. The second kappa shape index (κ2) is 4.36. The topological polar surface area (TPSA) is 26.3 Å². The first kappa shape index (κ1) is 11.9. The van der Waals surface area contributed by atoms with E-state index in [9.17, 15) is 4.79 Å². The van der Waals surface area contributed by atoms with Crippen LogP contribution in [0.4, 0.5) is 0 Å². The van der Waals surface area contributed by atoms with Gasteiger partial charge in [0.15, 0.2) is 5.76 Å². The zero-order valence-electron chi connectivity index (χ0n) is 10.2. The number of allylic oxidation sites excluding steroid dienone is 4. The molecule has 17 heavy (non-hydrogen) atoms. The fraction of sp³-hybridized carbons (Fsp3) is 0.400. The molecule has 0 N–H and O–H groups in total. The van der Waals surface area contributed by atoms with Crippen LogP contribution in [0.25, 0.3) is 0 Å². The molecule has 0 fully saturated rings. The average Bonchev–Trinajstić information content (AvgIpc) is 2.56. The zero-order chi connectivity index (χ0) is 12.5. The summed E-state index contributed by atoms with van der Waals surface area (Å²) in [6, 6.07) is 0. The van der Waals surface area contributed by atoms with Crippen LogP contribution in [-0.2, 0) is 9.53 Å². The summed E-state index contributed by atoms with van der Waals surface area (Å²) in [5, 5.41) is 0. The molecule has 0 amide bonds. The van der Waals surface area contributed by atoms with Crippen LogP contribution in [0.3, 0.4) is 0 Å². The molecule has 0 saturated heterocycles. The van der Waals surface area contributed by atoms with Crippen molar-refractivity contribution in [3.8, 4) is 0 Å². The highest BCUT2D eigenvalue weighted by molar-refractivity contribution is 5.97. The van der Waals surface area contributed by atoms with Gasteiger partial charge in [0.05, 0.1) is 0 Å². The highest BCUT2D eigenvalue weighted by Gasteiger charge is 2.46. The minimum atomic E-state index is -0.356. The van der Waals surface area contributed by atoms with Gasteiger partial charge in [0.2, 0.25) is 5.78 Å². The maximum absolute atomic E-state index is 11.8. The Kier molecular flexibility index (Phi) is 3.05. The van der Waals surface area contributed by atoms with Crippen molar-refractivity contribution in [3.63, 3.8) is 0 Å². The Balaban J connectivity index is 2.38. The van der Waals surface area contributed by atoms with Gasteiger partial charge in [-0.2, -0.15) is 0 Å². The highest BCUT2D eigenvalue weighted by atomic mass is 16.5. The molecule has 0 aromatic rings. The standard InChI is InChI=1S/C15H18O2/c1-4-7-12-11-8-6-9-13(16)14(11)17-15(12,3)10-5-2/h4-6,8,12H,1-2,7,9-10H2,3H3. The maximum Gasteiger partial charge on any atom is 0.201 e. The first-order chi connectivity index (χ1) is 8.12. The van der Waals surface area contributed by atoms with Gasteiger partial charge in [-0.3, -0.25) is 4.79 Å². The molecule has 0 aromatic carbocycles. The Morgan fingerprint density at radius 2 is 2.29 bits per heavy atom. The number of hydrogen-bond acceptors (Lipinski definition) is 2. The van der Waals surface area contributed by atoms with E-state index in [0.717, 1.165) is 18.4 Å². The van der Waals surface area contributed by atoms with Gasteiger partial charge < -0.3 is 4.74 Å². The van der Waals surface area contributed by atoms with Crippen molar-refractivity contribution in [1.82, 2.24) is 0 Å². The van der Waals surface area contributed by atoms with Gasteiger partial charge in [-0.05, 0) is 13.3 Å². The van der Waals surface area contributed by atoms with Crippen molar-refractivity contribution in [1.29, 1.82) is 0 Å². The van der Waals surface area contributed by atoms with E-state index < -0.39 is 0 Å². The fourth-order valence-corrected chi connectivity index (χ4v) is 2.66. The second-order valence-electron chi connectivity index (χ2n) is 4.80. The van der Waals surface area contributed by atoms with Gasteiger partial charge in [0, 0.05) is 24.3 Å². The van der Waals surface area contributed by atoms with Gasteiger partial charge in [0.25, 0.3) is 0 Å². The molecule has 1 heterocycles. The summed E-state index contributed by atoms with van der Waals surface area (Å²) >= 11 is 0. The molecule has 0 spiro atoms. The zero-order valence-corrected chi connectivity index (χ0v) is 10.2. The molecule has 0 aromatic heterocycles. The predicted octanol–water partition coefficient (Wildman–Crippen LogP) is 3.33. The third kappa shape index (κ3) is 1.88. The van der Waals surface area contributed by atoms with Crippen LogP contribution >= 0.6 is 0 Å². The third-order valence-electron chi connectivity index (χ3n) is 3.52. The average molecular weight is 230 g/mol. The van der Waals surface area contributed by atoms with E-state index in [4.69, 9.17) is 4.74 Å². The van der Waals surface area contributed by atoms with Crippen molar-refractivity contribution >= 4 is 5.78 Å². The van der Waals surface area contributed by atoms with E-state index in [1.165, 1.54) is 0 Å². The number of hydrogen-bond donors (Lipinski definition) is 0. The summed E-state index contributed by atoms with van der Waals surface area (Å²) in [6.45, 7) is 9.61. The van der Waals surface area contributed by atoms with Gasteiger partial charge in [0.1, 0.15) is 5.60 Å². The Bertz CT molecular complexity index is 428. The Morgan fingerprint density at radius 1 is 1.53 bits per heavy atom. The number of carbonyl (C=O) groups excluding carboxylic acids is 1. The van der Waals surface area contributed by atoms with Crippen molar-refractivity contribution in [2.24, 2.45) is 5.92 Å². The fourth-order valence-electron chi connectivity index (χ4n) is 2.66. The molecular weight excluding hydrogens is 212 g/mol. The van der Waals surface area contributed by atoms with Gasteiger partial charge in [-0.1, -0.05) is 24.3 Å². The van der Waals surface area contributed by atoms with E-state index in [0.29, 0.717) is 12.2 Å². The van der Waals surface area contributed by atoms with Crippen LogP contribution < -0.4 is 0 Å². The summed E-state index contributed by atoms with van der Waals surface area (Å²) in [6.07, 6.45) is 9.69. The van der Waals surface area contributed by atoms with Gasteiger partial charge in [-0.15, -0.1) is 13.2 Å². The minimum absolute atomic E-state index is 0.0874. The Hall–Kier alpha value is -1.57. The molecule has 1 aliphatic carbocycles. The van der Waals surface area contributed by atoms with Crippen molar-refractivity contribution < 1.29 is 9.53 Å². The van der Waals surface area contributed by atoms with Crippen molar-refractivity contribution in [3.05, 3.63) is 48.8 Å². The highest BCUT2D eigenvalue weighted by Crippen LogP contribution is 2.46. The molecule has 1 aliphatic heterocycles. The molecule has 0 radical (unpaired) electrons. The first-order valence-electron chi connectivity index (χ1n) is 5.97. The SMILES string of the molecule is C=CCC1C2=C(OC1(C)CC=C)C(=O)CC=C2. The predicted molar refractivity (Wildman–Crippen MR) is 68.4 cm³/mol. The molecule has 0 saturated carbocycles. The van der Waals surface area contributed by atoms with Crippen LogP contribution in [0.5, 0.6) is 0 Å². The molecule has 2 nitrogen and oxygen atoms in total. The quantitative estimate of drug-likeness (QED) is 0.692. The van der Waals surface area contributed by atoms with Crippen LogP contribution in [-0.4, -0.2) is 11.4 Å². The number of rotatable bonds is 4. The van der Waals surface area contributed by atoms with E-state index >= 15 is 0 Å². The van der Waals surface area contributed by atoms with E-state index in [2.05, 4.69) is 13.2 Å². The lowest BCUT2D eigenvalue weighted by Crippen LogP contribution is -2.32. The number of ketones is 1. The summed E-state index contributed by atoms with van der Waals surface area (Å²) in [7, 11) is 0. The van der Waals surface area contributed by atoms with Crippen LogP contribution in [0.2, 0.25) is 0 Å². The molecular formula is C15H18O2. The normalized spacial score (nSPS) is 31.1. The van der Waals surface area contributed by atoms with Crippen LogP contribution in [0.15, 0.2) is 48.8 Å². The summed E-state index contributed by atoms with van der Waals surface area (Å²) < 4.78 is 5.93. The number of carbonyl (C=O) groups is 1. The van der Waals surface area contributed by atoms with E-state index in [1.807, 2.05) is 31.2 Å². The maximum atomic E-state index is 11.8. The van der Waals surface area contributed by atoms with Crippen LogP contribution in [0.1, 0.15) is 26.2 Å². The van der Waals surface area contributed by atoms with Gasteiger partial charge in [-0.25, -0.2) is 0 Å². The number of ether oxygens (including phenoxy) is 1. The van der Waals surface area contributed by atoms with Gasteiger partial charge >= 0.3 is 0 Å². The molecule has 0 bridgehead atoms. The molecule has 2 unspecified atom stereocenters. The monoisotopic (exact) mass is 230 g/mol. The van der Waals surface area contributed by atoms with E-state index in [1.54, 1.807) is 0 Å². The molecule has 2 rings (SSSR count). The van der Waals surface area contributed by atoms with Crippen LogP contribution in [0, 0.1) is 5.92 Å². The third-order valence-corrected chi connectivity index (χ3v) is 3.52. The Labute approximate surface area is 102 Å². The summed E-state index contributed by atoms with van der Waals surface area (Å²) in [4.78, 5) is 11.8.